The Labute approximate surface area is 182 Å². The summed E-state index contributed by atoms with van der Waals surface area (Å²) in [5.74, 6) is 1.39. The molecule has 5 nitrogen and oxygen atoms in total. The lowest BCUT2D eigenvalue weighted by molar-refractivity contribution is -0.110. The molecule has 0 aliphatic rings. The van der Waals surface area contributed by atoms with E-state index in [-0.39, 0.29) is 11.5 Å². The summed E-state index contributed by atoms with van der Waals surface area (Å²) in [5.41, 5.74) is 1.62. The highest BCUT2D eigenvalue weighted by atomic mass is 16.5. The van der Waals surface area contributed by atoms with E-state index in [2.05, 4.69) is 13.2 Å². The maximum atomic E-state index is 12.1. The Hall–Kier alpha value is -3.99. The largest absolute Gasteiger partial charge is 0.508 e. The molecule has 0 atom stereocenters. The minimum absolute atomic E-state index is 0.159. The summed E-state index contributed by atoms with van der Waals surface area (Å²) >= 11 is 0. The quantitative estimate of drug-likeness (QED) is 0.211. The molecule has 1 N–H and O–H groups in total. The Kier molecular flexibility index (Phi) is 9.43. The van der Waals surface area contributed by atoms with Crippen molar-refractivity contribution in [3.05, 3.63) is 103 Å². The molecule has 160 valence electrons. The van der Waals surface area contributed by atoms with Crippen LogP contribution in [-0.2, 0) is 4.79 Å². The van der Waals surface area contributed by atoms with Crippen molar-refractivity contribution >= 4 is 17.9 Å². The van der Waals surface area contributed by atoms with Crippen molar-refractivity contribution in [1.82, 2.24) is 0 Å². The van der Waals surface area contributed by atoms with Crippen LogP contribution in [0.15, 0.2) is 91.8 Å². The molecular formula is C26H26O5. The third kappa shape index (κ3) is 8.11. The summed E-state index contributed by atoms with van der Waals surface area (Å²) in [5, 5.41) is 10.0. The Morgan fingerprint density at radius 1 is 0.903 bits per heavy atom. The zero-order valence-electron chi connectivity index (χ0n) is 17.5. The number of rotatable bonds is 12. The maximum absolute atomic E-state index is 12.1. The van der Waals surface area contributed by atoms with Crippen molar-refractivity contribution < 1.29 is 24.1 Å². The predicted molar refractivity (Wildman–Crippen MR) is 125 cm³/mol. The molecular weight excluding hydrogens is 392 g/mol. The number of allylic oxidation sites excluding steroid dienone is 3. The second kappa shape index (κ2) is 12.5. The first-order valence-electron chi connectivity index (χ1n) is 9.62. The number of aliphatic hydroxyl groups is 1. The lowest BCUT2D eigenvalue weighted by Gasteiger charge is -2.09. The van der Waals surface area contributed by atoms with Crippen molar-refractivity contribution in [2.75, 3.05) is 20.3 Å². The van der Waals surface area contributed by atoms with Gasteiger partial charge in [-0.1, -0.05) is 55.7 Å². The molecule has 0 aliphatic carbocycles. The van der Waals surface area contributed by atoms with E-state index >= 15 is 0 Å². The van der Waals surface area contributed by atoms with Gasteiger partial charge in [0, 0.05) is 6.08 Å². The van der Waals surface area contributed by atoms with E-state index in [9.17, 15) is 9.90 Å². The van der Waals surface area contributed by atoms with E-state index in [4.69, 9.17) is 14.2 Å². The number of methoxy groups -OCH3 is 1. The minimum Gasteiger partial charge on any atom is -0.508 e. The first-order valence-corrected chi connectivity index (χ1v) is 9.62. The van der Waals surface area contributed by atoms with Crippen LogP contribution in [0.2, 0.25) is 0 Å². The van der Waals surface area contributed by atoms with Gasteiger partial charge in [0.05, 0.1) is 7.11 Å². The Bertz CT molecular complexity index is 981. The fourth-order valence-electron chi connectivity index (χ4n) is 2.49. The topological polar surface area (TPSA) is 65.0 Å². The number of aliphatic hydroxyl groups excluding tert-OH is 1. The number of carbonyl (C=O) groups is 1. The van der Waals surface area contributed by atoms with Crippen LogP contribution in [-0.4, -0.2) is 31.2 Å². The van der Waals surface area contributed by atoms with Gasteiger partial charge in [0.25, 0.3) is 0 Å². The molecule has 0 spiro atoms. The number of ketones is 1. The van der Waals surface area contributed by atoms with E-state index in [1.165, 1.54) is 12.2 Å². The lowest BCUT2D eigenvalue weighted by Crippen LogP contribution is -1.96. The Morgan fingerprint density at radius 2 is 1.55 bits per heavy atom. The van der Waals surface area contributed by atoms with Crippen LogP contribution in [0.25, 0.3) is 12.2 Å². The summed E-state index contributed by atoms with van der Waals surface area (Å²) in [4.78, 5) is 12.1. The van der Waals surface area contributed by atoms with E-state index < -0.39 is 0 Å². The number of hydrogen-bond acceptors (Lipinski definition) is 5. The lowest BCUT2D eigenvalue weighted by atomic mass is 10.1. The molecule has 0 saturated carbocycles. The van der Waals surface area contributed by atoms with Crippen LogP contribution in [0.5, 0.6) is 17.2 Å². The fraction of sp³-hybridized carbons (Fsp3) is 0.115. The molecule has 2 rings (SSSR count). The predicted octanol–water partition coefficient (Wildman–Crippen LogP) is 5.56. The standard InChI is InChI=1S/C26H26O5/c1-4-16-30-24-13-8-20(9-14-24)6-11-22(27)19-23(28)12-7-21-10-15-25(31-17-5-2)26(18-21)29-3/h4-15,18-19,28H,1-2,16-17H2,3H3/b11-6+,12-7+,23-19?. The molecule has 0 unspecified atom stereocenters. The van der Waals surface area contributed by atoms with E-state index in [0.29, 0.717) is 24.7 Å². The Balaban J connectivity index is 1.98. The zero-order valence-corrected chi connectivity index (χ0v) is 17.5. The van der Waals surface area contributed by atoms with Gasteiger partial charge in [-0.3, -0.25) is 4.79 Å². The van der Waals surface area contributed by atoms with E-state index in [0.717, 1.165) is 23.0 Å². The SMILES string of the molecule is C=CCOc1ccc(/C=C/C(=O)C=C(O)/C=C/c2ccc(OCC=C)c(OC)c2)cc1. The van der Waals surface area contributed by atoms with E-state index in [1.54, 1.807) is 43.5 Å². The highest BCUT2D eigenvalue weighted by molar-refractivity contribution is 6.02. The average molecular weight is 418 g/mol. The van der Waals surface area contributed by atoms with E-state index in [1.807, 2.05) is 30.3 Å². The summed E-state index contributed by atoms with van der Waals surface area (Å²) in [6, 6.07) is 12.6. The maximum Gasteiger partial charge on any atom is 0.182 e. The molecule has 2 aromatic rings. The molecule has 0 aliphatic heterocycles. The van der Waals surface area contributed by atoms with Gasteiger partial charge < -0.3 is 19.3 Å². The molecule has 0 saturated heterocycles. The summed E-state index contributed by atoms with van der Waals surface area (Å²) < 4.78 is 16.2. The molecule has 0 fully saturated rings. The normalized spacial score (nSPS) is 11.5. The molecule has 5 heteroatoms. The van der Waals surface area contributed by atoms with Gasteiger partial charge in [0.2, 0.25) is 0 Å². The van der Waals surface area contributed by atoms with Crippen LogP contribution < -0.4 is 14.2 Å². The Morgan fingerprint density at radius 3 is 2.23 bits per heavy atom. The van der Waals surface area contributed by atoms with Gasteiger partial charge in [0.1, 0.15) is 24.7 Å². The monoisotopic (exact) mass is 418 g/mol. The molecule has 0 heterocycles. The number of benzene rings is 2. The van der Waals surface area contributed by atoms with Crippen molar-refractivity contribution in [3.8, 4) is 17.2 Å². The van der Waals surface area contributed by atoms with Gasteiger partial charge in [0.15, 0.2) is 17.3 Å². The van der Waals surface area contributed by atoms with Crippen molar-refractivity contribution in [2.45, 2.75) is 0 Å². The van der Waals surface area contributed by atoms with Gasteiger partial charge in [-0.05, 0) is 47.5 Å². The number of hydrogen-bond donors (Lipinski definition) is 1. The highest BCUT2D eigenvalue weighted by Crippen LogP contribution is 2.28. The summed E-state index contributed by atoms with van der Waals surface area (Å²) in [7, 11) is 1.55. The van der Waals surface area contributed by atoms with Crippen molar-refractivity contribution in [1.29, 1.82) is 0 Å². The van der Waals surface area contributed by atoms with Crippen LogP contribution in [0, 0.1) is 0 Å². The number of ether oxygens (including phenoxy) is 3. The zero-order chi connectivity index (χ0) is 22.5. The smallest absolute Gasteiger partial charge is 0.182 e. The summed E-state index contributed by atoms with van der Waals surface area (Å²) in [6.45, 7) is 8.02. The third-order valence-corrected chi connectivity index (χ3v) is 3.97. The van der Waals surface area contributed by atoms with Gasteiger partial charge in [-0.2, -0.15) is 0 Å². The minimum atomic E-state index is -0.333. The first-order chi connectivity index (χ1) is 15.0. The molecule has 0 amide bonds. The average Bonchev–Trinajstić information content (AvgIpc) is 2.79. The summed E-state index contributed by atoms with van der Waals surface area (Å²) in [6.07, 6.45) is 10.6. The first kappa shape index (κ1) is 23.3. The number of carbonyl (C=O) groups excluding carboxylic acids is 1. The third-order valence-electron chi connectivity index (χ3n) is 3.97. The second-order valence-electron chi connectivity index (χ2n) is 6.32. The highest BCUT2D eigenvalue weighted by Gasteiger charge is 2.04. The molecule has 31 heavy (non-hydrogen) atoms. The second-order valence-corrected chi connectivity index (χ2v) is 6.32. The van der Waals surface area contributed by atoms with Gasteiger partial charge in [-0.25, -0.2) is 0 Å². The molecule has 0 bridgehead atoms. The van der Waals surface area contributed by atoms with Crippen LogP contribution >= 0.6 is 0 Å². The van der Waals surface area contributed by atoms with Crippen LogP contribution in [0.4, 0.5) is 0 Å². The van der Waals surface area contributed by atoms with Gasteiger partial charge >= 0.3 is 0 Å². The van der Waals surface area contributed by atoms with Crippen molar-refractivity contribution in [3.63, 3.8) is 0 Å². The molecule has 0 aromatic heterocycles. The van der Waals surface area contributed by atoms with Gasteiger partial charge in [-0.15, -0.1) is 0 Å². The van der Waals surface area contributed by atoms with Crippen LogP contribution in [0.3, 0.4) is 0 Å². The molecule has 2 aromatic carbocycles. The van der Waals surface area contributed by atoms with Crippen molar-refractivity contribution in [2.24, 2.45) is 0 Å². The molecule has 0 radical (unpaired) electrons. The fourth-order valence-corrected chi connectivity index (χ4v) is 2.49. The van der Waals surface area contributed by atoms with Crippen LogP contribution in [0.1, 0.15) is 11.1 Å².